The van der Waals surface area contributed by atoms with Crippen LogP contribution in [0.3, 0.4) is 0 Å². The van der Waals surface area contributed by atoms with Gasteiger partial charge in [0.15, 0.2) is 9.49 Å². The molecule has 0 aliphatic carbocycles. The number of nitrogens with zero attached hydrogens (tertiary/aromatic N) is 4. The second-order valence-electron chi connectivity index (χ2n) is 2.00. The summed E-state index contributed by atoms with van der Waals surface area (Å²) in [6.45, 7) is 0. The molecule has 13 heavy (non-hydrogen) atoms. The summed E-state index contributed by atoms with van der Waals surface area (Å²) in [6.07, 6.45) is 1.51. The van der Waals surface area contributed by atoms with Gasteiger partial charge >= 0.3 is 0 Å². The Morgan fingerprint density at radius 3 is 2.85 bits per heavy atom. The van der Waals surface area contributed by atoms with Gasteiger partial charge in [-0.25, -0.2) is 4.98 Å². The van der Waals surface area contributed by atoms with Crippen molar-refractivity contribution in [2.45, 2.75) is 9.37 Å². The van der Waals surface area contributed by atoms with Crippen molar-refractivity contribution in [2.75, 3.05) is 0 Å². The minimum absolute atomic E-state index is 0.390. The van der Waals surface area contributed by atoms with Crippen LogP contribution >= 0.6 is 34.9 Å². The average Bonchev–Trinajstić information content (AvgIpc) is 2.62. The van der Waals surface area contributed by atoms with Crippen LogP contribution in [0.25, 0.3) is 0 Å². The van der Waals surface area contributed by atoms with E-state index in [2.05, 4.69) is 19.6 Å². The summed E-state index contributed by atoms with van der Waals surface area (Å²) in [5.74, 6) is 0. The Balaban J connectivity index is 2.15. The molecule has 0 N–H and O–H groups in total. The number of hydrogen-bond acceptors (Lipinski definition) is 6. The molecule has 0 radical (unpaired) electrons. The molecule has 0 amide bonds. The largest absolute Gasteiger partial charge is 0.216 e. The fraction of sp³-hybridized carbons (Fsp3) is 0. The molecule has 0 aliphatic rings. The molecule has 0 fully saturated rings. The summed E-state index contributed by atoms with van der Waals surface area (Å²) >= 11 is 8.32. The van der Waals surface area contributed by atoms with E-state index in [0.29, 0.717) is 5.15 Å². The zero-order chi connectivity index (χ0) is 9.10. The van der Waals surface area contributed by atoms with Crippen molar-refractivity contribution in [3.05, 3.63) is 23.6 Å². The predicted molar refractivity (Wildman–Crippen MR) is 51.1 cm³/mol. The summed E-state index contributed by atoms with van der Waals surface area (Å²) in [5, 5.41) is 8.74. The number of rotatable bonds is 2. The van der Waals surface area contributed by atoms with Crippen LogP contribution in [0, 0.1) is 0 Å². The first-order chi connectivity index (χ1) is 6.34. The van der Waals surface area contributed by atoms with Crippen LogP contribution in [0.15, 0.2) is 27.8 Å². The van der Waals surface area contributed by atoms with Crippen molar-refractivity contribution >= 4 is 34.9 Å². The molecule has 0 aromatic carbocycles. The summed E-state index contributed by atoms with van der Waals surface area (Å²) in [4.78, 5) is 4.00. The quantitative estimate of drug-likeness (QED) is 0.791. The van der Waals surface area contributed by atoms with E-state index >= 15 is 0 Å². The highest BCUT2D eigenvalue weighted by molar-refractivity contribution is 8.00. The highest BCUT2D eigenvalue weighted by atomic mass is 35.5. The lowest BCUT2D eigenvalue weighted by Gasteiger charge is -1.93. The Kier molecular flexibility index (Phi) is 2.72. The summed E-state index contributed by atoms with van der Waals surface area (Å²) in [6, 6.07) is 3.49. The van der Waals surface area contributed by atoms with Gasteiger partial charge in [0.2, 0.25) is 0 Å². The molecule has 0 saturated carbocycles. The van der Waals surface area contributed by atoms with Crippen molar-refractivity contribution in [2.24, 2.45) is 0 Å². The van der Waals surface area contributed by atoms with Crippen LogP contribution in [0.4, 0.5) is 0 Å². The van der Waals surface area contributed by atoms with E-state index in [0.717, 1.165) is 9.37 Å². The van der Waals surface area contributed by atoms with Gasteiger partial charge in [0.25, 0.3) is 0 Å². The Morgan fingerprint density at radius 2 is 2.23 bits per heavy atom. The fourth-order valence-electron chi connectivity index (χ4n) is 0.656. The molecular weight excluding hydrogens is 228 g/mol. The van der Waals surface area contributed by atoms with Gasteiger partial charge in [0, 0.05) is 0 Å². The van der Waals surface area contributed by atoms with Crippen molar-refractivity contribution in [3.8, 4) is 0 Å². The fourth-order valence-corrected chi connectivity index (χ4v) is 2.07. The molecule has 2 rings (SSSR count). The van der Waals surface area contributed by atoms with Crippen molar-refractivity contribution in [1.29, 1.82) is 0 Å². The SMILES string of the molecule is Clc1ccc(Sc2ncns2)nn1. The monoisotopic (exact) mass is 230 g/mol. The summed E-state index contributed by atoms with van der Waals surface area (Å²) < 4.78 is 4.72. The van der Waals surface area contributed by atoms with Crippen LogP contribution in [-0.4, -0.2) is 19.6 Å². The van der Waals surface area contributed by atoms with Gasteiger partial charge in [0.05, 0.1) is 0 Å². The van der Waals surface area contributed by atoms with Crippen LogP contribution < -0.4 is 0 Å². The zero-order valence-electron chi connectivity index (χ0n) is 6.22. The maximum atomic E-state index is 5.59. The Bertz CT molecular complexity index is 374. The van der Waals surface area contributed by atoms with Crippen LogP contribution in [0.2, 0.25) is 5.15 Å². The van der Waals surface area contributed by atoms with Crippen molar-refractivity contribution in [3.63, 3.8) is 0 Å². The first kappa shape index (κ1) is 8.86. The van der Waals surface area contributed by atoms with E-state index in [-0.39, 0.29) is 0 Å². The lowest BCUT2D eigenvalue weighted by atomic mass is 10.6. The number of halogens is 1. The van der Waals surface area contributed by atoms with Crippen LogP contribution in [0.1, 0.15) is 0 Å². The van der Waals surface area contributed by atoms with Crippen molar-refractivity contribution < 1.29 is 0 Å². The molecule has 2 aromatic rings. The molecule has 0 aliphatic heterocycles. The molecular formula is C6H3ClN4S2. The van der Waals surface area contributed by atoms with Gasteiger partial charge in [-0.1, -0.05) is 11.6 Å². The van der Waals surface area contributed by atoms with E-state index in [1.165, 1.54) is 29.6 Å². The minimum atomic E-state index is 0.390. The third kappa shape index (κ3) is 2.36. The van der Waals surface area contributed by atoms with E-state index < -0.39 is 0 Å². The molecule has 0 bridgehead atoms. The number of hydrogen-bond donors (Lipinski definition) is 0. The molecule has 0 spiro atoms. The lowest BCUT2D eigenvalue weighted by Crippen LogP contribution is -1.83. The highest BCUT2D eigenvalue weighted by Gasteiger charge is 2.01. The summed E-state index contributed by atoms with van der Waals surface area (Å²) in [5.41, 5.74) is 0. The molecule has 4 nitrogen and oxygen atoms in total. The molecule has 66 valence electrons. The third-order valence-electron chi connectivity index (χ3n) is 1.14. The topological polar surface area (TPSA) is 51.6 Å². The maximum absolute atomic E-state index is 5.59. The van der Waals surface area contributed by atoms with Gasteiger partial charge in [-0.2, -0.15) is 4.37 Å². The number of aromatic nitrogens is 4. The van der Waals surface area contributed by atoms with Crippen LogP contribution in [-0.2, 0) is 0 Å². The van der Waals surface area contributed by atoms with E-state index in [1.807, 2.05) is 0 Å². The Hall–Kier alpha value is -0.720. The maximum Gasteiger partial charge on any atom is 0.176 e. The molecule has 0 saturated heterocycles. The normalized spacial score (nSPS) is 10.2. The molecule has 2 heterocycles. The first-order valence-corrected chi connectivity index (χ1v) is 5.25. The van der Waals surface area contributed by atoms with E-state index in [1.54, 1.807) is 12.1 Å². The molecule has 2 aromatic heterocycles. The molecule has 0 unspecified atom stereocenters. The van der Waals surface area contributed by atoms with E-state index in [4.69, 9.17) is 11.6 Å². The second-order valence-corrected chi connectivity index (χ2v) is 4.44. The van der Waals surface area contributed by atoms with Gasteiger partial charge in [-0.05, 0) is 35.4 Å². The summed E-state index contributed by atoms with van der Waals surface area (Å²) in [7, 11) is 0. The lowest BCUT2D eigenvalue weighted by molar-refractivity contribution is 0.929. The van der Waals surface area contributed by atoms with Gasteiger partial charge in [-0.15, -0.1) is 10.2 Å². The smallest absolute Gasteiger partial charge is 0.176 e. The molecule has 7 heteroatoms. The van der Waals surface area contributed by atoms with Gasteiger partial charge < -0.3 is 0 Å². The van der Waals surface area contributed by atoms with E-state index in [9.17, 15) is 0 Å². The minimum Gasteiger partial charge on any atom is -0.216 e. The standard InChI is InChI=1S/C6H3ClN4S2/c7-4-1-2-5(11-10-4)12-6-8-3-9-13-6/h1-3H. The van der Waals surface area contributed by atoms with Gasteiger partial charge in [0.1, 0.15) is 11.4 Å². The van der Waals surface area contributed by atoms with Gasteiger partial charge in [-0.3, -0.25) is 0 Å². The zero-order valence-corrected chi connectivity index (χ0v) is 8.60. The second kappa shape index (κ2) is 3.99. The Labute approximate surface area is 87.5 Å². The highest BCUT2D eigenvalue weighted by Crippen LogP contribution is 2.25. The average molecular weight is 231 g/mol. The predicted octanol–water partition coefficient (Wildman–Crippen LogP) is 2.13. The Morgan fingerprint density at radius 1 is 1.31 bits per heavy atom. The van der Waals surface area contributed by atoms with Crippen molar-refractivity contribution in [1.82, 2.24) is 19.6 Å². The molecule has 0 atom stereocenters. The van der Waals surface area contributed by atoms with Crippen LogP contribution in [0.5, 0.6) is 0 Å². The third-order valence-corrected chi connectivity index (χ3v) is 2.98. The first-order valence-electron chi connectivity index (χ1n) is 3.28.